The van der Waals surface area contributed by atoms with Crippen LogP contribution in [0.1, 0.15) is 55.3 Å². The second kappa shape index (κ2) is 7.09. The predicted molar refractivity (Wildman–Crippen MR) is 103 cm³/mol. The van der Waals surface area contributed by atoms with Gasteiger partial charge in [-0.25, -0.2) is 0 Å². The lowest BCUT2D eigenvalue weighted by atomic mass is 9.53. The van der Waals surface area contributed by atoms with E-state index in [4.69, 9.17) is 15.3 Å². The number of hydrogen-bond acceptors (Lipinski definition) is 5. The normalized spacial score (nSPS) is 18.3. The van der Waals surface area contributed by atoms with Gasteiger partial charge >= 0.3 is 0 Å². The molecule has 1 fully saturated rings. The average molecular weight is 371 g/mol. The summed E-state index contributed by atoms with van der Waals surface area (Å²) in [6, 6.07) is 13.9. The molecule has 1 aliphatic carbocycles. The van der Waals surface area contributed by atoms with Gasteiger partial charge in [0.2, 0.25) is 0 Å². The highest BCUT2D eigenvalue weighted by molar-refractivity contribution is 6.05. The topological polar surface area (TPSA) is 86.8 Å². The lowest BCUT2D eigenvalue weighted by Crippen LogP contribution is -2.63. The lowest BCUT2D eigenvalue weighted by Gasteiger charge is -2.57. The highest BCUT2D eigenvalue weighted by Gasteiger charge is 2.63. The predicted octanol–water partition coefficient (Wildman–Crippen LogP) is 4.84. The van der Waals surface area contributed by atoms with Crippen molar-refractivity contribution in [3.8, 4) is 29.0 Å². The number of ketones is 1. The number of ether oxygens (including phenoxy) is 1. The molecule has 2 heterocycles. The molecule has 140 valence electrons. The Morgan fingerprint density at radius 1 is 1.07 bits per heavy atom. The molecule has 0 atom stereocenters. The fraction of sp³-hybridized carbons (Fsp3) is 0.391. The van der Waals surface area contributed by atoms with Crippen molar-refractivity contribution < 1.29 is 9.53 Å². The van der Waals surface area contributed by atoms with Gasteiger partial charge in [-0.05, 0) is 55.9 Å². The third kappa shape index (κ3) is 2.67. The standard InChI is InChI=1S/C23H21N3O2/c24-12-3-8-22(9-4-13-25)21(27)19-7-6-17(18-5-1-14-26-16-18)15-20(19)28-23(22)10-2-11-23/h1,5-7,14-16H,2-4,8-11H2. The van der Waals surface area contributed by atoms with E-state index >= 15 is 0 Å². The van der Waals surface area contributed by atoms with Crippen molar-refractivity contribution in [2.75, 3.05) is 0 Å². The van der Waals surface area contributed by atoms with Gasteiger partial charge in [0, 0.05) is 30.8 Å². The van der Waals surface area contributed by atoms with Crippen LogP contribution < -0.4 is 4.74 Å². The molecule has 0 amide bonds. The maximum absolute atomic E-state index is 13.7. The van der Waals surface area contributed by atoms with Gasteiger partial charge in [0.1, 0.15) is 11.4 Å². The number of nitrogens with zero attached hydrogens (tertiary/aromatic N) is 3. The van der Waals surface area contributed by atoms with Gasteiger partial charge in [0.05, 0.1) is 23.1 Å². The summed E-state index contributed by atoms with van der Waals surface area (Å²) in [5.41, 5.74) is 1.09. The van der Waals surface area contributed by atoms with Crippen LogP contribution in [0.5, 0.6) is 5.75 Å². The van der Waals surface area contributed by atoms with Crippen LogP contribution in [-0.2, 0) is 0 Å². The smallest absolute Gasteiger partial charge is 0.176 e. The van der Waals surface area contributed by atoms with E-state index in [1.165, 1.54) is 0 Å². The van der Waals surface area contributed by atoms with Gasteiger partial charge in [-0.3, -0.25) is 9.78 Å². The van der Waals surface area contributed by atoms with E-state index in [1.54, 1.807) is 12.4 Å². The van der Waals surface area contributed by atoms with Gasteiger partial charge < -0.3 is 4.74 Å². The Labute approximate surface area is 164 Å². The van der Waals surface area contributed by atoms with E-state index in [0.29, 0.717) is 24.2 Å². The van der Waals surface area contributed by atoms with Crippen LogP contribution in [0.4, 0.5) is 0 Å². The summed E-state index contributed by atoms with van der Waals surface area (Å²) in [4.78, 5) is 17.9. The third-order valence-corrected chi connectivity index (χ3v) is 6.32. The molecule has 1 saturated carbocycles. The highest BCUT2D eigenvalue weighted by atomic mass is 16.5. The number of Topliss-reactive ketones (excluding diaryl/α,β-unsaturated/α-hetero) is 1. The maximum Gasteiger partial charge on any atom is 0.176 e. The summed E-state index contributed by atoms with van der Waals surface area (Å²) < 4.78 is 6.54. The van der Waals surface area contributed by atoms with Crippen LogP contribution >= 0.6 is 0 Å². The van der Waals surface area contributed by atoms with E-state index in [9.17, 15) is 4.79 Å². The van der Waals surface area contributed by atoms with E-state index in [-0.39, 0.29) is 18.6 Å². The zero-order chi connectivity index (χ0) is 19.6. The molecule has 4 rings (SSSR count). The quantitative estimate of drug-likeness (QED) is 0.750. The molecule has 1 aromatic carbocycles. The number of benzene rings is 1. The number of aromatic nitrogens is 1. The van der Waals surface area contributed by atoms with Crippen molar-refractivity contribution in [1.82, 2.24) is 4.98 Å². The molecule has 0 radical (unpaired) electrons. The Kier molecular flexibility index (Phi) is 4.61. The first-order chi connectivity index (χ1) is 13.7. The summed E-state index contributed by atoms with van der Waals surface area (Å²) in [5, 5.41) is 18.3. The molecule has 1 aromatic heterocycles. The molecule has 5 nitrogen and oxygen atoms in total. The molecule has 0 bridgehead atoms. The number of nitriles is 2. The van der Waals surface area contributed by atoms with E-state index < -0.39 is 11.0 Å². The molecule has 2 aliphatic rings. The van der Waals surface area contributed by atoms with Crippen LogP contribution in [0.3, 0.4) is 0 Å². The summed E-state index contributed by atoms with van der Waals surface area (Å²) in [6.07, 6.45) is 7.52. The first-order valence-electron chi connectivity index (χ1n) is 9.68. The first kappa shape index (κ1) is 18.2. The van der Waals surface area contributed by atoms with Crippen LogP contribution in [0.2, 0.25) is 0 Å². The van der Waals surface area contributed by atoms with Gasteiger partial charge in [-0.15, -0.1) is 0 Å². The molecule has 28 heavy (non-hydrogen) atoms. The van der Waals surface area contributed by atoms with Gasteiger partial charge in [0.25, 0.3) is 0 Å². The van der Waals surface area contributed by atoms with Crippen molar-refractivity contribution >= 4 is 5.78 Å². The monoisotopic (exact) mass is 371 g/mol. The van der Waals surface area contributed by atoms with Gasteiger partial charge in [-0.2, -0.15) is 10.5 Å². The van der Waals surface area contributed by atoms with E-state index in [1.807, 2.05) is 30.3 Å². The van der Waals surface area contributed by atoms with Crippen molar-refractivity contribution in [2.45, 2.75) is 50.5 Å². The lowest BCUT2D eigenvalue weighted by molar-refractivity contribution is -0.113. The number of pyridine rings is 1. The molecule has 2 aromatic rings. The fourth-order valence-electron chi connectivity index (χ4n) is 4.71. The minimum absolute atomic E-state index is 0.0247. The number of carbonyl (C=O) groups is 1. The minimum atomic E-state index is -0.792. The van der Waals surface area contributed by atoms with Crippen LogP contribution in [0.15, 0.2) is 42.7 Å². The Hall–Kier alpha value is -3.18. The SMILES string of the molecule is N#CCCC1(CCC#N)C(=O)c2ccc(-c3cccnc3)cc2OC12CCC2. The van der Waals surface area contributed by atoms with Crippen LogP contribution in [-0.4, -0.2) is 16.4 Å². The third-order valence-electron chi connectivity index (χ3n) is 6.32. The Morgan fingerprint density at radius 2 is 1.82 bits per heavy atom. The van der Waals surface area contributed by atoms with Crippen LogP contribution in [0.25, 0.3) is 11.1 Å². The maximum atomic E-state index is 13.7. The molecule has 1 spiro atoms. The Bertz CT molecular complexity index is 963. The van der Waals surface area contributed by atoms with Gasteiger partial charge in [0.15, 0.2) is 5.78 Å². The van der Waals surface area contributed by atoms with E-state index in [2.05, 4.69) is 17.1 Å². The molecule has 0 unspecified atom stereocenters. The fourth-order valence-corrected chi connectivity index (χ4v) is 4.71. The largest absolute Gasteiger partial charge is 0.485 e. The number of fused-ring (bicyclic) bond motifs is 1. The summed E-state index contributed by atoms with van der Waals surface area (Å²) in [5.74, 6) is 0.632. The molecular formula is C23H21N3O2. The van der Waals surface area contributed by atoms with Crippen LogP contribution in [0, 0.1) is 28.1 Å². The average Bonchev–Trinajstić information content (AvgIpc) is 2.71. The molecule has 0 saturated heterocycles. The Morgan fingerprint density at radius 3 is 2.39 bits per heavy atom. The first-order valence-corrected chi connectivity index (χ1v) is 9.68. The molecule has 0 N–H and O–H groups in total. The van der Waals surface area contributed by atoms with Crippen molar-refractivity contribution in [3.63, 3.8) is 0 Å². The van der Waals surface area contributed by atoms with Crippen molar-refractivity contribution in [2.24, 2.45) is 5.41 Å². The second-order valence-electron chi connectivity index (χ2n) is 7.63. The molecule has 1 aliphatic heterocycles. The number of rotatable bonds is 5. The minimum Gasteiger partial charge on any atom is -0.485 e. The Balaban J connectivity index is 1.80. The zero-order valence-electron chi connectivity index (χ0n) is 15.6. The highest BCUT2D eigenvalue weighted by Crippen LogP contribution is 2.59. The number of hydrogen-bond donors (Lipinski definition) is 0. The zero-order valence-corrected chi connectivity index (χ0v) is 15.6. The van der Waals surface area contributed by atoms with Crippen molar-refractivity contribution in [3.05, 3.63) is 48.3 Å². The van der Waals surface area contributed by atoms with Gasteiger partial charge in [-0.1, -0.05) is 12.1 Å². The second-order valence-corrected chi connectivity index (χ2v) is 7.63. The number of carbonyl (C=O) groups excluding carboxylic acids is 1. The van der Waals surface area contributed by atoms with Crippen molar-refractivity contribution in [1.29, 1.82) is 10.5 Å². The summed E-state index contributed by atoms with van der Waals surface area (Å²) in [6.45, 7) is 0. The molecule has 5 heteroatoms. The molecular weight excluding hydrogens is 350 g/mol. The summed E-state index contributed by atoms with van der Waals surface area (Å²) >= 11 is 0. The van der Waals surface area contributed by atoms with E-state index in [0.717, 1.165) is 30.4 Å². The summed E-state index contributed by atoms with van der Waals surface area (Å²) in [7, 11) is 0.